The van der Waals surface area contributed by atoms with Crippen molar-refractivity contribution in [3.8, 4) is 11.5 Å². The smallest absolute Gasteiger partial charge is 0.416 e. The van der Waals surface area contributed by atoms with E-state index in [1.54, 1.807) is 6.92 Å². The van der Waals surface area contributed by atoms with Crippen LogP contribution in [-0.2, 0) is 16.0 Å². The summed E-state index contributed by atoms with van der Waals surface area (Å²) in [5.41, 5.74) is -1.65. The second-order valence-corrected chi connectivity index (χ2v) is 7.44. The van der Waals surface area contributed by atoms with Gasteiger partial charge in [0.15, 0.2) is 0 Å². The first-order valence-electron chi connectivity index (χ1n) is 7.35. The number of carboxylic acid groups (broad SMARTS) is 1. The van der Waals surface area contributed by atoms with Crippen molar-refractivity contribution < 1.29 is 41.0 Å². The third-order valence-electron chi connectivity index (χ3n) is 3.76. The van der Waals surface area contributed by atoms with Gasteiger partial charge < -0.3 is 14.6 Å². The highest BCUT2D eigenvalue weighted by Gasteiger charge is 2.34. The van der Waals surface area contributed by atoms with Crippen molar-refractivity contribution in [2.45, 2.75) is 22.9 Å². The molecule has 27 heavy (non-hydrogen) atoms. The number of hydrogen-bond acceptors (Lipinski definition) is 5. The van der Waals surface area contributed by atoms with Crippen LogP contribution in [0.15, 0.2) is 40.1 Å². The molecule has 0 aliphatic carbocycles. The average Bonchev–Trinajstić information content (AvgIpc) is 2.59. The summed E-state index contributed by atoms with van der Waals surface area (Å²) in [6.45, 7) is 1.63. The summed E-state index contributed by atoms with van der Waals surface area (Å²) in [5.74, 6) is -1.62. The number of carbonyl (C=O) groups is 1. The van der Waals surface area contributed by atoms with Gasteiger partial charge in [-0.05, 0) is 36.8 Å². The van der Waals surface area contributed by atoms with E-state index in [2.05, 4.69) is 0 Å². The minimum Gasteiger partial charge on any atom is -0.496 e. The lowest BCUT2D eigenvalue weighted by Gasteiger charge is -2.15. The lowest BCUT2D eigenvalue weighted by atomic mass is 10.1. The Morgan fingerprint density at radius 1 is 1.00 bits per heavy atom. The van der Waals surface area contributed by atoms with Gasteiger partial charge in [0.05, 0.1) is 30.2 Å². The van der Waals surface area contributed by atoms with E-state index in [1.165, 1.54) is 20.3 Å². The van der Waals surface area contributed by atoms with Crippen LogP contribution in [-0.4, -0.2) is 33.7 Å². The normalized spacial score (nSPS) is 11.9. The van der Waals surface area contributed by atoms with Crippen LogP contribution in [0.2, 0.25) is 0 Å². The number of ether oxygens (including phenoxy) is 2. The molecule has 10 heteroatoms. The molecule has 0 saturated carbocycles. The molecule has 0 radical (unpaired) electrons. The molecule has 2 aromatic carbocycles. The minimum atomic E-state index is -4.93. The fraction of sp³-hybridized carbons (Fsp3) is 0.235. The van der Waals surface area contributed by atoms with E-state index in [1.807, 2.05) is 0 Å². The maximum atomic E-state index is 13.1. The van der Waals surface area contributed by atoms with Crippen molar-refractivity contribution in [3.63, 3.8) is 0 Å². The van der Waals surface area contributed by atoms with Gasteiger partial charge in [-0.3, -0.25) is 0 Å². The number of benzene rings is 2. The summed E-state index contributed by atoms with van der Waals surface area (Å²) in [4.78, 5) is 9.90. The third-order valence-corrected chi connectivity index (χ3v) is 5.52. The maximum Gasteiger partial charge on any atom is 0.416 e. The average molecular weight is 404 g/mol. The molecule has 0 aliphatic rings. The van der Waals surface area contributed by atoms with Crippen LogP contribution in [0.1, 0.15) is 21.5 Å². The largest absolute Gasteiger partial charge is 0.496 e. The van der Waals surface area contributed by atoms with Crippen LogP contribution in [0.25, 0.3) is 0 Å². The van der Waals surface area contributed by atoms with Crippen LogP contribution in [0.5, 0.6) is 11.5 Å². The molecule has 2 rings (SSSR count). The monoisotopic (exact) mass is 404 g/mol. The molecule has 0 heterocycles. The van der Waals surface area contributed by atoms with Crippen molar-refractivity contribution in [3.05, 3.63) is 47.0 Å². The minimum absolute atomic E-state index is 0.109. The molecule has 0 aromatic heterocycles. The van der Waals surface area contributed by atoms with Crippen molar-refractivity contribution >= 4 is 15.8 Å². The van der Waals surface area contributed by atoms with Crippen molar-refractivity contribution in [2.75, 3.05) is 14.2 Å². The lowest BCUT2D eigenvalue weighted by Crippen LogP contribution is -2.12. The quantitative estimate of drug-likeness (QED) is 0.820. The molecule has 1 N–H and O–H groups in total. The Morgan fingerprint density at radius 2 is 1.59 bits per heavy atom. The lowest BCUT2D eigenvalue weighted by molar-refractivity contribution is -0.137. The zero-order chi connectivity index (χ0) is 20.6. The first-order chi connectivity index (χ1) is 12.4. The van der Waals surface area contributed by atoms with Gasteiger partial charge in [-0.25, -0.2) is 13.2 Å². The Bertz CT molecular complexity index is 996. The van der Waals surface area contributed by atoms with Crippen LogP contribution in [0.4, 0.5) is 13.2 Å². The summed E-state index contributed by atoms with van der Waals surface area (Å²) < 4.78 is 75.3. The number of rotatable bonds is 5. The topological polar surface area (TPSA) is 89.9 Å². The Hall–Kier alpha value is -2.75. The Morgan fingerprint density at radius 3 is 2.07 bits per heavy atom. The van der Waals surface area contributed by atoms with E-state index in [0.29, 0.717) is 23.8 Å². The van der Waals surface area contributed by atoms with Crippen molar-refractivity contribution in [1.29, 1.82) is 0 Å². The molecule has 146 valence electrons. The number of aryl methyl sites for hydroxylation is 1. The molecular weight excluding hydrogens is 389 g/mol. The number of alkyl halides is 3. The van der Waals surface area contributed by atoms with E-state index in [0.717, 1.165) is 6.07 Å². The summed E-state index contributed by atoms with van der Waals surface area (Å²) in [6, 6.07) is 3.89. The summed E-state index contributed by atoms with van der Waals surface area (Å²) in [6.07, 6.45) is -4.93. The van der Waals surface area contributed by atoms with Gasteiger partial charge >= 0.3 is 12.1 Å². The first-order valence-corrected chi connectivity index (χ1v) is 8.83. The summed E-state index contributed by atoms with van der Waals surface area (Å²) >= 11 is 0. The predicted molar refractivity (Wildman–Crippen MR) is 88.1 cm³/mol. The van der Waals surface area contributed by atoms with Crippen molar-refractivity contribution in [2.24, 2.45) is 0 Å². The molecule has 0 bridgehead atoms. The highest BCUT2D eigenvalue weighted by Crippen LogP contribution is 2.37. The highest BCUT2D eigenvalue weighted by molar-refractivity contribution is 7.91. The molecule has 0 amide bonds. The molecular formula is C17H15F3O6S. The number of halogens is 3. The van der Waals surface area contributed by atoms with Gasteiger partial charge in [-0.15, -0.1) is 0 Å². The van der Waals surface area contributed by atoms with Gasteiger partial charge in [-0.1, -0.05) is 0 Å². The zero-order valence-electron chi connectivity index (χ0n) is 14.4. The second kappa shape index (κ2) is 7.10. The number of carboxylic acids is 1. The SMILES string of the molecule is COc1cc(S(=O)(=O)c2cc(C(=O)O)cc(C(F)(F)F)c2)c(OC)cc1C. The summed E-state index contributed by atoms with van der Waals surface area (Å²) in [5, 5.41) is 9.05. The molecule has 0 atom stereocenters. The molecule has 2 aromatic rings. The standard InChI is InChI=1S/C17H15F3O6S/c1-9-4-14(26-3)15(8-13(9)25-2)27(23,24)12-6-10(16(21)22)5-11(7-12)17(18,19)20/h4-8H,1-3H3,(H,21,22). The van der Waals surface area contributed by atoms with Gasteiger partial charge in [-0.2, -0.15) is 13.2 Å². The van der Waals surface area contributed by atoms with E-state index in [9.17, 15) is 26.4 Å². The fourth-order valence-electron chi connectivity index (χ4n) is 2.40. The number of hydrogen-bond donors (Lipinski definition) is 1. The maximum absolute atomic E-state index is 13.1. The van der Waals surface area contributed by atoms with Gasteiger partial charge in [0.1, 0.15) is 16.4 Å². The van der Waals surface area contributed by atoms with Crippen LogP contribution < -0.4 is 9.47 Å². The molecule has 6 nitrogen and oxygen atoms in total. The predicted octanol–water partition coefficient (Wildman–Crippen LogP) is 3.56. The highest BCUT2D eigenvalue weighted by atomic mass is 32.2. The Balaban J connectivity index is 2.81. The molecule has 0 unspecified atom stereocenters. The van der Waals surface area contributed by atoms with E-state index >= 15 is 0 Å². The molecule has 0 fully saturated rings. The summed E-state index contributed by atoms with van der Waals surface area (Å²) in [7, 11) is -2.03. The first kappa shape index (κ1) is 20.6. The third kappa shape index (κ3) is 4.00. The molecule has 0 saturated heterocycles. The Labute approximate surface area is 153 Å². The fourth-order valence-corrected chi connectivity index (χ4v) is 3.89. The molecule has 0 spiro atoms. The zero-order valence-corrected chi connectivity index (χ0v) is 15.2. The second-order valence-electron chi connectivity index (χ2n) is 5.53. The van der Waals surface area contributed by atoms with Crippen LogP contribution in [0.3, 0.4) is 0 Å². The van der Waals surface area contributed by atoms with E-state index in [4.69, 9.17) is 14.6 Å². The van der Waals surface area contributed by atoms with E-state index < -0.39 is 42.9 Å². The molecule has 0 aliphatic heterocycles. The van der Waals surface area contributed by atoms with Gasteiger partial charge in [0.2, 0.25) is 9.84 Å². The van der Waals surface area contributed by atoms with Crippen LogP contribution in [0, 0.1) is 6.92 Å². The number of aromatic carboxylic acids is 1. The van der Waals surface area contributed by atoms with Gasteiger partial charge in [0.25, 0.3) is 0 Å². The van der Waals surface area contributed by atoms with E-state index in [-0.39, 0.29) is 11.5 Å². The van der Waals surface area contributed by atoms with Gasteiger partial charge in [0, 0.05) is 6.07 Å². The van der Waals surface area contributed by atoms with Crippen LogP contribution >= 0.6 is 0 Å². The number of sulfone groups is 1. The number of methoxy groups -OCH3 is 2. The Kier molecular flexibility index (Phi) is 5.41. The van der Waals surface area contributed by atoms with Crippen molar-refractivity contribution in [1.82, 2.24) is 0 Å².